The number of thiophene rings is 1. The van der Waals surface area contributed by atoms with Crippen LogP contribution >= 0.6 is 11.3 Å². The van der Waals surface area contributed by atoms with Crippen LogP contribution in [-0.2, 0) is 76.9 Å². The monoisotopic (exact) mass is 1640 g/mol. The quantitative estimate of drug-likeness (QED) is 0.0157. The average molecular weight is 1640 g/mol. The van der Waals surface area contributed by atoms with Crippen LogP contribution in [-0.4, -0.2) is 249 Å². The fourth-order valence-corrected chi connectivity index (χ4v) is 17.5. The SMILES string of the molecule is N=C(N)NCCC[C@H](NC(=O)[C@@H]1C[C@@H]2CCCC[C@@H]2N1C(=O)[C@H]1Cc2ccccc2CN1C(=O)[C@H](CO)NC(=O)[C@H](Cc1cccs1)NC(=O)CNC(=O)[C@@H]1C[C@@H](O)CN1C(=O)[C@@H]1CCCN1C(=O)[C@H](CCCNC(=N)N)NC(=O)[C@@H](CCCNC(=N)N)NC(=O)CCCCCNC(=O)OCC1c2ccccc2-c2ccccc21)C(=O)O. The number of guanidine groups is 3. The Bertz CT molecular complexity index is 4200. The Morgan fingerprint density at radius 2 is 1.14 bits per heavy atom. The zero-order chi connectivity index (χ0) is 83.8. The summed E-state index contributed by atoms with van der Waals surface area (Å²) in [5.74, 6) is -9.80. The molecule has 0 spiro atoms. The summed E-state index contributed by atoms with van der Waals surface area (Å²) in [6.45, 7) is -1.26. The van der Waals surface area contributed by atoms with Gasteiger partial charge in [0.05, 0.1) is 19.3 Å². The lowest BCUT2D eigenvalue weighted by atomic mass is 9.84. The van der Waals surface area contributed by atoms with Crippen LogP contribution in [0.3, 0.4) is 0 Å². The van der Waals surface area contributed by atoms with Crippen LogP contribution in [0, 0.1) is 22.1 Å². The number of ether oxygens (including phenoxy) is 1. The Balaban J connectivity index is 0.747. The van der Waals surface area contributed by atoms with Crippen LogP contribution in [0.5, 0.6) is 0 Å². The first-order valence-electron chi connectivity index (χ1n) is 40.2. The highest BCUT2D eigenvalue weighted by atomic mass is 32.1. The molecule has 4 aliphatic heterocycles. The summed E-state index contributed by atoms with van der Waals surface area (Å²) < 4.78 is 5.66. The minimum atomic E-state index is -1.70. The molecule has 632 valence electrons. The second-order valence-corrected chi connectivity index (χ2v) is 31.6. The van der Waals surface area contributed by atoms with E-state index in [1.807, 2.05) is 42.5 Å². The Kier molecular flexibility index (Phi) is 31.9. The zero-order valence-electron chi connectivity index (χ0n) is 65.5. The standard InChI is InChI=1S/C80H110N20O16S/c81-77(82)87-32-12-25-56(92-66(103)30-2-1-11-31-90-80(115)116-45-55-53-23-8-6-21-51(53)52-22-7-9-24-54(52)55)68(105)94-57(26-13-33-88-78(83)84)72(109)97-35-15-29-62(97)74(111)99-43-49(102)39-63(99)70(107)91-41-67(104)93-59(40-50-20-16-36-117-50)69(106)96-60(44-101)73(110)98-42-48-19-4-3-17-46(48)37-65(98)75(112)100-61-28-10-5-18-47(61)38-64(100)71(108)95-58(76(113)114)27-14-34-89-79(85)86/h3-4,6-9,16-17,19-24,36,47,49,55-65,101-102H,1-2,5,10-15,18,25-35,37-45H2,(H,90,115)(H,91,107)(H,92,103)(H,93,104)(H,94,105)(H,95,108)(H,96,106)(H,113,114)(H4,81,82,87)(H4,83,84,88)(H4,85,86,89)/t47-,49+,56+,57-,58-,59-,60-,61-,62-,63-,64-,65+/m0/s1. The Hall–Kier alpha value is -11.5. The Morgan fingerprint density at radius 1 is 0.538 bits per heavy atom. The third-order valence-corrected chi connectivity index (χ3v) is 23.4. The zero-order valence-corrected chi connectivity index (χ0v) is 66.3. The first kappa shape index (κ1) is 87.9. The van der Waals surface area contributed by atoms with Gasteiger partial charge in [-0.3, -0.25) is 64.2 Å². The number of hydrogen-bond donors (Lipinski definition) is 19. The molecule has 1 saturated carbocycles. The number of alkyl carbamates (subject to hydrolysis) is 1. The van der Waals surface area contributed by atoms with Crippen molar-refractivity contribution in [3.05, 3.63) is 117 Å². The van der Waals surface area contributed by atoms with Crippen molar-refractivity contribution in [2.45, 2.75) is 207 Å². The molecule has 5 heterocycles. The summed E-state index contributed by atoms with van der Waals surface area (Å²) in [5.41, 5.74) is 22.3. The highest BCUT2D eigenvalue weighted by Gasteiger charge is 2.52. The lowest BCUT2D eigenvalue weighted by Gasteiger charge is -2.42. The second-order valence-electron chi connectivity index (χ2n) is 30.6. The van der Waals surface area contributed by atoms with Crippen LogP contribution in [0.25, 0.3) is 11.1 Å². The van der Waals surface area contributed by atoms with Crippen molar-refractivity contribution in [1.29, 1.82) is 16.2 Å². The van der Waals surface area contributed by atoms with Crippen molar-refractivity contribution < 1.29 is 77.6 Å². The molecule has 0 bridgehead atoms. The number of carboxylic acid groups (broad SMARTS) is 1. The van der Waals surface area contributed by atoms with E-state index in [9.17, 15) is 63.3 Å². The molecule has 11 amide bonds. The Labute approximate surface area is 681 Å². The molecular formula is C80H110N20O16S. The van der Waals surface area contributed by atoms with Gasteiger partial charge in [-0.2, -0.15) is 0 Å². The van der Waals surface area contributed by atoms with Gasteiger partial charge in [0.15, 0.2) is 17.9 Å². The number of carboxylic acids is 1. The van der Waals surface area contributed by atoms with Crippen molar-refractivity contribution in [3.8, 4) is 11.1 Å². The number of aliphatic hydroxyl groups is 2. The number of nitrogens with zero attached hydrogens (tertiary/aromatic N) is 4. The number of aliphatic carboxylic acids is 1. The topological polar surface area (TPSA) is 558 Å². The molecule has 22 N–H and O–H groups in total. The maximum Gasteiger partial charge on any atom is 0.407 e. The molecule has 12 atom stereocenters. The number of carbonyl (C=O) groups is 12. The van der Waals surface area contributed by atoms with Crippen molar-refractivity contribution >= 4 is 100 Å². The van der Waals surface area contributed by atoms with Gasteiger partial charge in [0.25, 0.3) is 0 Å². The predicted octanol–water partition coefficient (Wildman–Crippen LogP) is -0.137. The van der Waals surface area contributed by atoms with Gasteiger partial charge < -0.3 is 110 Å². The number of carbonyl (C=O) groups excluding carboxylic acids is 11. The molecule has 117 heavy (non-hydrogen) atoms. The molecule has 1 aromatic heterocycles. The van der Waals surface area contributed by atoms with Crippen molar-refractivity contribution in [3.63, 3.8) is 0 Å². The van der Waals surface area contributed by atoms with E-state index >= 15 is 9.59 Å². The minimum Gasteiger partial charge on any atom is -0.480 e. The molecule has 3 aromatic carbocycles. The summed E-state index contributed by atoms with van der Waals surface area (Å²) in [6.07, 6.45) is 3.49. The number of likely N-dealkylation sites (tertiary alicyclic amines) is 3. The predicted molar refractivity (Wildman–Crippen MR) is 431 cm³/mol. The molecule has 0 radical (unpaired) electrons. The van der Waals surface area contributed by atoms with Crippen molar-refractivity contribution in [1.82, 2.24) is 72.8 Å². The lowest BCUT2D eigenvalue weighted by molar-refractivity contribution is -0.153. The summed E-state index contributed by atoms with van der Waals surface area (Å²) in [6, 6.07) is 14.3. The van der Waals surface area contributed by atoms with Crippen molar-refractivity contribution in [2.75, 3.05) is 59.0 Å². The number of rotatable bonds is 39. The highest BCUT2D eigenvalue weighted by Crippen LogP contribution is 2.45. The van der Waals surface area contributed by atoms with Crippen LogP contribution < -0.4 is 70.4 Å². The first-order valence-corrected chi connectivity index (χ1v) is 41.1. The third kappa shape index (κ3) is 23.7. The number of aliphatic hydroxyl groups excluding tert-OH is 2. The number of hydrogen-bond acceptors (Lipinski definition) is 19. The van der Waals surface area contributed by atoms with E-state index in [2.05, 4.69) is 65.3 Å². The van der Waals surface area contributed by atoms with Gasteiger partial charge in [0.1, 0.15) is 61.0 Å². The summed E-state index contributed by atoms with van der Waals surface area (Å²) >= 11 is 1.26. The highest BCUT2D eigenvalue weighted by molar-refractivity contribution is 7.09. The van der Waals surface area contributed by atoms with Gasteiger partial charge in [-0.1, -0.05) is 98.1 Å². The van der Waals surface area contributed by atoms with E-state index in [0.29, 0.717) is 49.0 Å². The van der Waals surface area contributed by atoms with Gasteiger partial charge in [-0.15, -0.1) is 11.3 Å². The van der Waals surface area contributed by atoms with E-state index in [4.69, 9.17) is 38.2 Å². The molecule has 10 rings (SSSR count). The smallest absolute Gasteiger partial charge is 0.407 e. The minimum absolute atomic E-state index is 0.00841. The van der Waals surface area contributed by atoms with Crippen LogP contribution in [0.4, 0.5) is 4.79 Å². The molecule has 36 nitrogen and oxygen atoms in total. The molecule has 4 fully saturated rings. The van der Waals surface area contributed by atoms with Crippen LogP contribution in [0.2, 0.25) is 0 Å². The molecule has 6 aliphatic rings. The molecule has 3 saturated heterocycles. The number of benzene rings is 3. The van der Waals surface area contributed by atoms with Crippen molar-refractivity contribution in [2.24, 2.45) is 23.1 Å². The number of nitrogens with one attached hydrogen (secondary N) is 13. The number of unbranched alkanes of at least 4 members (excludes halogenated alkanes) is 2. The number of amides is 11. The van der Waals surface area contributed by atoms with Gasteiger partial charge in [-0.25, -0.2) is 9.59 Å². The van der Waals surface area contributed by atoms with E-state index in [1.54, 1.807) is 35.7 Å². The Morgan fingerprint density at radius 3 is 1.79 bits per heavy atom. The number of nitrogens with two attached hydrogens (primary N) is 3. The number of β-amino-alcohol motifs (C(OH)–C–C–N with tert-alkyl or cyclic N) is 1. The normalized spacial score (nSPS) is 20.4. The second kappa shape index (κ2) is 42.4. The summed E-state index contributed by atoms with van der Waals surface area (Å²) in [4.78, 5) is 177. The average Bonchev–Trinajstić information content (AvgIpc) is 1.17. The van der Waals surface area contributed by atoms with Gasteiger partial charge in [-0.05, 0) is 134 Å². The van der Waals surface area contributed by atoms with Crippen LogP contribution in [0.15, 0.2) is 90.3 Å². The van der Waals surface area contributed by atoms with Gasteiger partial charge in [0, 0.05) is 88.3 Å². The molecule has 0 unspecified atom stereocenters. The van der Waals surface area contributed by atoms with E-state index < -0.39 is 151 Å². The van der Waals surface area contributed by atoms with E-state index in [1.165, 1.54) is 26.0 Å². The van der Waals surface area contributed by atoms with Gasteiger partial charge in [0.2, 0.25) is 59.1 Å². The third-order valence-electron chi connectivity index (χ3n) is 22.5. The maximum atomic E-state index is 15.4. The fraction of sp³-hybridized carbons (Fsp3) is 0.537. The molecule has 4 aromatic rings. The van der Waals surface area contributed by atoms with E-state index in [0.717, 1.165) is 45.6 Å². The molecule has 2 aliphatic carbocycles. The summed E-state index contributed by atoms with van der Waals surface area (Å²) in [5, 5.41) is 83.6. The molecular weight excluding hydrogens is 1530 g/mol. The summed E-state index contributed by atoms with van der Waals surface area (Å²) in [7, 11) is 0. The largest absolute Gasteiger partial charge is 0.480 e. The maximum absolute atomic E-state index is 15.4. The lowest BCUT2D eigenvalue weighted by Crippen LogP contribution is -2.63. The van der Waals surface area contributed by atoms with E-state index in [-0.39, 0.29) is 159 Å². The molecule has 37 heteroatoms. The van der Waals surface area contributed by atoms with Crippen LogP contribution in [0.1, 0.15) is 149 Å². The number of fused-ring (bicyclic) bond motifs is 5. The fourth-order valence-electron chi connectivity index (χ4n) is 16.8. The first-order chi connectivity index (χ1) is 56.3. The van der Waals surface area contributed by atoms with Gasteiger partial charge >= 0.3 is 12.1 Å².